The first-order valence-electron chi connectivity index (χ1n) is 8.74. The van der Waals surface area contributed by atoms with Crippen LogP contribution in [0.2, 0.25) is 0 Å². The Morgan fingerprint density at radius 3 is 1.96 bits per heavy atom. The van der Waals surface area contributed by atoms with Gasteiger partial charge in [0.1, 0.15) is 0 Å². The lowest BCUT2D eigenvalue weighted by Gasteiger charge is -2.24. The van der Waals surface area contributed by atoms with E-state index in [-0.39, 0.29) is 11.0 Å². The van der Waals surface area contributed by atoms with Crippen molar-refractivity contribution in [3.05, 3.63) is 66.2 Å². The molecule has 1 nitrogen and oxygen atoms in total. The Morgan fingerprint density at radius 1 is 0.667 bits per heavy atom. The number of para-hydroxylation sites is 1. The summed E-state index contributed by atoms with van der Waals surface area (Å²) < 4.78 is 2.48. The quantitative estimate of drug-likeness (QED) is 0.496. The fraction of sp³-hybridized carbons (Fsp3) is 0.348. The highest BCUT2D eigenvalue weighted by Gasteiger charge is 2.31. The van der Waals surface area contributed by atoms with Crippen LogP contribution >= 0.6 is 0 Å². The van der Waals surface area contributed by atoms with E-state index in [1.54, 1.807) is 0 Å². The minimum atomic E-state index is 0.00118. The van der Waals surface area contributed by atoms with E-state index in [4.69, 9.17) is 0 Å². The number of aromatic nitrogens is 1. The normalized spacial score (nSPS) is 12.6. The van der Waals surface area contributed by atoms with Gasteiger partial charge in [0.2, 0.25) is 11.2 Å². The highest BCUT2D eigenvalue weighted by atomic mass is 15.0. The molecule has 0 saturated carbocycles. The molecule has 0 bridgehead atoms. The average Bonchev–Trinajstić information content (AvgIpc) is 2.52. The number of rotatable bonds is 1. The Bertz CT molecular complexity index is 876. The van der Waals surface area contributed by atoms with Crippen LogP contribution in [0, 0.1) is 0 Å². The van der Waals surface area contributed by atoms with Crippen LogP contribution in [0.3, 0.4) is 0 Å². The molecule has 3 aromatic rings. The highest BCUT2D eigenvalue weighted by molar-refractivity contribution is 5.78. The molecule has 0 N–H and O–H groups in total. The van der Waals surface area contributed by atoms with Crippen LogP contribution < -0.4 is 4.57 Å². The minimum Gasteiger partial charge on any atom is -0.187 e. The van der Waals surface area contributed by atoms with Crippen molar-refractivity contribution in [1.29, 1.82) is 0 Å². The molecule has 0 aliphatic heterocycles. The molecule has 0 aliphatic rings. The molecular formula is C23H28N+. The van der Waals surface area contributed by atoms with E-state index >= 15 is 0 Å². The fourth-order valence-electron chi connectivity index (χ4n) is 3.50. The van der Waals surface area contributed by atoms with Gasteiger partial charge in [-0.15, -0.1) is 0 Å². The van der Waals surface area contributed by atoms with Gasteiger partial charge >= 0.3 is 0 Å². The molecule has 0 aliphatic carbocycles. The van der Waals surface area contributed by atoms with Gasteiger partial charge in [0.25, 0.3) is 0 Å². The summed E-state index contributed by atoms with van der Waals surface area (Å²) in [6.07, 6.45) is 0. The van der Waals surface area contributed by atoms with E-state index in [0.29, 0.717) is 0 Å². The van der Waals surface area contributed by atoms with Gasteiger partial charge in [-0.2, -0.15) is 4.57 Å². The third kappa shape index (κ3) is 2.96. The summed E-state index contributed by atoms with van der Waals surface area (Å²) in [6, 6.07) is 22.0. The van der Waals surface area contributed by atoms with E-state index in [9.17, 15) is 0 Å². The summed E-state index contributed by atoms with van der Waals surface area (Å²) in [5.41, 5.74) is 5.39. The first kappa shape index (κ1) is 16.7. The van der Waals surface area contributed by atoms with Crippen LogP contribution in [0.15, 0.2) is 60.7 Å². The van der Waals surface area contributed by atoms with Gasteiger partial charge in [0, 0.05) is 43.9 Å². The minimum absolute atomic E-state index is 0.00118. The van der Waals surface area contributed by atoms with Gasteiger partial charge in [-0.05, 0) is 29.2 Å². The van der Waals surface area contributed by atoms with E-state index < -0.39 is 0 Å². The second kappa shape index (κ2) is 5.73. The maximum Gasteiger partial charge on any atom is 0.213 e. The zero-order valence-corrected chi connectivity index (χ0v) is 15.7. The summed E-state index contributed by atoms with van der Waals surface area (Å²) >= 11 is 0. The van der Waals surface area contributed by atoms with Crippen molar-refractivity contribution in [2.75, 3.05) is 0 Å². The predicted molar refractivity (Wildman–Crippen MR) is 103 cm³/mol. The summed E-state index contributed by atoms with van der Waals surface area (Å²) in [5, 5.41) is 1.28. The van der Waals surface area contributed by atoms with Crippen molar-refractivity contribution in [3.63, 3.8) is 0 Å². The van der Waals surface area contributed by atoms with Crippen molar-refractivity contribution < 1.29 is 4.57 Å². The van der Waals surface area contributed by atoms with Gasteiger partial charge in [0.15, 0.2) is 5.54 Å². The van der Waals surface area contributed by atoms with Crippen LogP contribution in [0.1, 0.15) is 47.1 Å². The second-order valence-corrected chi connectivity index (χ2v) is 8.58. The maximum atomic E-state index is 2.48. The van der Waals surface area contributed by atoms with Crippen LogP contribution in [0.4, 0.5) is 0 Å². The summed E-state index contributed by atoms with van der Waals surface area (Å²) in [4.78, 5) is 0. The van der Waals surface area contributed by atoms with Crippen LogP contribution in [-0.4, -0.2) is 0 Å². The van der Waals surface area contributed by atoms with Crippen LogP contribution in [0.5, 0.6) is 0 Å². The van der Waals surface area contributed by atoms with Crippen LogP contribution in [0.25, 0.3) is 22.2 Å². The molecule has 0 atom stereocenters. The molecule has 2 aromatic carbocycles. The number of fused-ring (bicyclic) bond motifs is 1. The van der Waals surface area contributed by atoms with Gasteiger partial charge in [-0.3, -0.25) is 0 Å². The van der Waals surface area contributed by atoms with Crippen molar-refractivity contribution in [3.8, 4) is 11.3 Å². The average molecular weight is 318 g/mol. The van der Waals surface area contributed by atoms with Crippen LogP contribution in [-0.2, 0) is 11.0 Å². The zero-order valence-electron chi connectivity index (χ0n) is 15.7. The first-order valence-corrected chi connectivity index (χ1v) is 8.74. The van der Waals surface area contributed by atoms with E-state index in [2.05, 4.69) is 107 Å². The lowest BCUT2D eigenvalue weighted by molar-refractivity contribution is -0.720. The molecule has 3 rings (SSSR count). The molecule has 1 heterocycles. The molecule has 124 valence electrons. The number of pyridine rings is 1. The Kier molecular flexibility index (Phi) is 3.99. The Morgan fingerprint density at radius 2 is 1.29 bits per heavy atom. The molecule has 0 saturated heterocycles. The largest absolute Gasteiger partial charge is 0.213 e. The lowest BCUT2D eigenvalue weighted by atomic mass is 9.82. The summed E-state index contributed by atoms with van der Waals surface area (Å²) in [6.45, 7) is 13.7. The van der Waals surface area contributed by atoms with Gasteiger partial charge in [-0.25, -0.2) is 0 Å². The predicted octanol–water partition coefficient (Wildman–Crippen LogP) is 5.85. The third-order valence-corrected chi connectivity index (χ3v) is 4.52. The number of hydrogen-bond acceptors (Lipinski definition) is 0. The van der Waals surface area contributed by atoms with E-state index in [0.717, 1.165) is 0 Å². The molecule has 0 unspecified atom stereocenters. The SMILES string of the molecule is CC(C)(C)c1ccccc1-c1ccc2ccccc2[n+]1C(C)(C)C. The van der Waals surface area contributed by atoms with Gasteiger partial charge < -0.3 is 0 Å². The van der Waals surface area contributed by atoms with Crippen molar-refractivity contribution in [1.82, 2.24) is 0 Å². The van der Waals surface area contributed by atoms with Crippen molar-refractivity contribution in [2.24, 2.45) is 0 Å². The Labute approximate surface area is 146 Å². The van der Waals surface area contributed by atoms with Gasteiger partial charge in [-0.1, -0.05) is 51.1 Å². The van der Waals surface area contributed by atoms with E-state index in [1.165, 1.54) is 27.7 Å². The number of benzene rings is 2. The highest BCUT2D eigenvalue weighted by Crippen LogP contribution is 2.33. The molecular weight excluding hydrogens is 290 g/mol. The molecule has 1 heteroatoms. The molecule has 0 spiro atoms. The maximum absolute atomic E-state index is 2.48. The Hall–Kier alpha value is -2.15. The topological polar surface area (TPSA) is 3.88 Å². The van der Waals surface area contributed by atoms with Gasteiger partial charge in [0.05, 0.1) is 0 Å². The zero-order chi connectivity index (χ0) is 17.5. The summed E-state index contributed by atoms with van der Waals surface area (Å²) in [7, 11) is 0. The Balaban J connectivity index is 2.41. The lowest BCUT2D eigenvalue weighted by Crippen LogP contribution is -2.52. The molecule has 1 aromatic heterocycles. The summed E-state index contributed by atoms with van der Waals surface area (Å²) in [5.74, 6) is 0. The molecule has 0 amide bonds. The monoisotopic (exact) mass is 318 g/mol. The van der Waals surface area contributed by atoms with Crippen molar-refractivity contribution >= 4 is 10.9 Å². The molecule has 24 heavy (non-hydrogen) atoms. The first-order chi connectivity index (χ1) is 11.2. The fourth-order valence-corrected chi connectivity index (χ4v) is 3.50. The molecule has 0 fully saturated rings. The third-order valence-electron chi connectivity index (χ3n) is 4.52. The number of hydrogen-bond donors (Lipinski definition) is 0. The number of nitrogens with zero attached hydrogens (tertiary/aromatic N) is 1. The smallest absolute Gasteiger partial charge is 0.187 e. The van der Waals surface area contributed by atoms with Crippen molar-refractivity contribution in [2.45, 2.75) is 52.5 Å². The molecule has 0 radical (unpaired) electrons. The standard InChI is InChI=1S/C23H28N/c1-22(2,3)19-13-9-8-12-18(19)21-16-15-17-11-7-10-14-20(17)24(21)23(4,5)6/h7-16H,1-6H3/q+1. The second-order valence-electron chi connectivity index (χ2n) is 8.58. The van der Waals surface area contributed by atoms with E-state index in [1.807, 2.05) is 0 Å².